The molecule has 2 aromatic carbocycles. The average Bonchev–Trinajstić information content (AvgIpc) is 3.28. The lowest BCUT2D eigenvalue weighted by atomic mass is 10.1. The number of hydrogen-bond acceptors (Lipinski definition) is 6. The number of methoxy groups -OCH3 is 1. The fraction of sp³-hybridized carbons (Fsp3) is 0.304. The van der Waals surface area contributed by atoms with Crippen molar-refractivity contribution in [1.29, 1.82) is 0 Å². The standard InChI is InChI=1S/C23H27N5O3S/c1-3-4-14-24-22(30)25-19(15-16-8-6-5-7-9-16)20(29)26-23-28-27-21(32-23)17-10-12-18(31-2)13-11-17/h5-13,19H,3-4,14-15H2,1-2H3,(H2,24,25,30)(H,26,28,29). The first kappa shape index (κ1) is 23.2. The Labute approximate surface area is 191 Å². The van der Waals surface area contributed by atoms with Gasteiger partial charge < -0.3 is 15.4 Å². The number of ether oxygens (including phenoxy) is 1. The first-order valence-corrected chi connectivity index (χ1v) is 11.3. The molecule has 1 unspecified atom stereocenters. The van der Waals surface area contributed by atoms with Gasteiger partial charge in [-0.2, -0.15) is 0 Å². The molecule has 0 saturated carbocycles. The summed E-state index contributed by atoms with van der Waals surface area (Å²) in [5.41, 5.74) is 1.82. The van der Waals surface area contributed by atoms with Crippen LogP contribution in [-0.2, 0) is 11.2 Å². The summed E-state index contributed by atoms with van der Waals surface area (Å²) in [6.45, 7) is 2.61. The molecule has 0 saturated heterocycles. The highest BCUT2D eigenvalue weighted by Crippen LogP contribution is 2.27. The van der Waals surface area contributed by atoms with Gasteiger partial charge in [-0.1, -0.05) is 55.0 Å². The minimum atomic E-state index is -0.757. The highest BCUT2D eigenvalue weighted by molar-refractivity contribution is 7.18. The van der Waals surface area contributed by atoms with Gasteiger partial charge in [0, 0.05) is 18.5 Å². The number of unbranched alkanes of at least 4 members (excludes halogenated alkanes) is 1. The molecule has 1 atom stereocenters. The zero-order valence-electron chi connectivity index (χ0n) is 18.1. The second kappa shape index (κ2) is 11.8. The van der Waals surface area contributed by atoms with E-state index in [1.807, 2.05) is 61.5 Å². The molecule has 1 aromatic heterocycles. The number of nitrogens with one attached hydrogen (secondary N) is 3. The number of benzene rings is 2. The first-order chi connectivity index (χ1) is 15.6. The van der Waals surface area contributed by atoms with Crippen molar-refractivity contribution in [2.24, 2.45) is 0 Å². The summed E-state index contributed by atoms with van der Waals surface area (Å²) in [6.07, 6.45) is 2.21. The van der Waals surface area contributed by atoms with Crippen molar-refractivity contribution < 1.29 is 14.3 Å². The molecule has 3 rings (SSSR count). The first-order valence-electron chi connectivity index (χ1n) is 10.5. The minimum absolute atomic E-state index is 0.350. The highest BCUT2D eigenvalue weighted by Gasteiger charge is 2.22. The van der Waals surface area contributed by atoms with E-state index in [0.29, 0.717) is 23.1 Å². The van der Waals surface area contributed by atoms with Gasteiger partial charge >= 0.3 is 6.03 Å². The molecule has 1 heterocycles. The van der Waals surface area contributed by atoms with Crippen LogP contribution in [0.2, 0.25) is 0 Å². The second-order valence-corrected chi connectivity index (χ2v) is 8.10. The van der Waals surface area contributed by atoms with E-state index < -0.39 is 6.04 Å². The molecular formula is C23H27N5O3S. The SMILES string of the molecule is CCCCNC(=O)NC(Cc1ccccc1)C(=O)Nc1nnc(-c2ccc(OC)cc2)s1. The van der Waals surface area contributed by atoms with Crippen LogP contribution in [0.5, 0.6) is 5.75 Å². The molecule has 0 aliphatic heterocycles. The third-order valence-corrected chi connectivity index (χ3v) is 5.60. The van der Waals surface area contributed by atoms with E-state index in [1.54, 1.807) is 7.11 Å². The molecule has 9 heteroatoms. The van der Waals surface area contributed by atoms with E-state index in [-0.39, 0.29) is 11.9 Å². The van der Waals surface area contributed by atoms with Crippen LogP contribution < -0.4 is 20.7 Å². The van der Waals surface area contributed by atoms with Crippen molar-refractivity contribution in [3.05, 3.63) is 60.2 Å². The summed E-state index contributed by atoms with van der Waals surface area (Å²) in [6, 6.07) is 15.9. The lowest BCUT2D eigenvalue weighted by Gasteiger charge is -2.18. The average molecular weight is 454 g/mol. The van der Waals surface area contributed by atoms with Crippen LogP contribution in [0.1, 0.15) is 25.3 Å². The molecule has 3 aromatic rings. The summed E-state index contributed by atoms with van der Waals surface area (Å²) < 4.78 is 5.17. The summed E-state index contributed by atoms with van der Waals surface area (Å²) in [5, 5.41) is 17.6. The lowest BCUT2D eigenvalue weighted by Crippen LogP contribution is -2.49. The number of nitrogens with zero attached hydrogens (tertiary/aromatic N) is 2. The number of carbonyl (C=O) groups is 2. The van der Waals surface area contributed by atoms with Crippen LogP contribution in [0.4, 0.5) is 9.93 Å². The molecule has 3 amide bonds. The van der Waals surface area contributed by atoms with Gasteiger partial charge in [0.15, 0.2) is 0 Å². The zero-order chi connectivity index (χ0) is 22.8. The molecular weight excluding hydrogens is 426 g/mol. The predicted molar refractivity (Wildman–Crippen MR) is 126 cm³/mol. The predicted octanol–water partition coefficient (Wildman–Crippen LogP) is 3.86. The maximum absolute atomic E-state index is 13.0. The number of carbonyl (C=O) groups excluding carboxylic acids is 2. The molecule has 0 bridgehead atoms. The molecule has 32 heavy (non-hydrogen) atoms. The molecule has 3 N–H and O–H groups in total. The number of urea groups is 1. The topological polar surface area (TPSA) is 105 Å². The Morgan fingerprint density at radius 2 is 1.81 bits per heavy atom. The van der Waals surface area contributed by atoms with Crippen LogP contribution in [0.25, 0.3) is 10.6 Å². The lowest BCUT2D eigenvalue weighted by molar-refractivity contribution is -0.117. The van der Waals surface area contributed by atoms with Crippen molar-refractivity contribution in [3.63, 3.8) is 0 Å². The molecule has 0 spiro atoms. The minimum Gasteiger partial charge on any atom is -0.497 e. The van der Waals surface area contributed by atoms with E-state index in [1.165, 1.54) is 11.3 Å². The van der Waals surface area contributed by atoms with Crippen molar-refractivity contribution >= 4 is 28.4 Å². The van der Waals surface area contributed by atoms with Crippen LogP contribution in [0.3, 0.4) is 0 Å². The zero-order valence-corrected chi connectivity index (χ0v) is 18.9. The normalized spacial score (nSPS) is 11.4. The fourth-order valence-electron chi connectivity index (χ4n) is 2.96. The van der Waals surface area contributed by atoms with Gasteiger partial charge in [-0.25, -0.2) is 4.79 Å². The Hall–Kier alpha value is -3.46. The summed E-state index contributed by atoms with van der Waals surface area (Å²) in [4.78, 5) is 25.3. The van der Waals surface area contributed by atoms with Gasteiger partial charge in [0.2, 0.25) is 11.0 Å². The van der Waals surface area contributed by atoms with Gasteiger partial charge in [-0.05, 0) is 36.2 Å². The summed E-state index contributed by atoms with van der Waals surface area (Å²) in [5.74, 6) is 0.399. The van der Waals surface area contributed by atoms with Gasteiger partial charge in [0.25, 0.3) is 0 Å². The van der Waals surface area contributed by atoms with E-state index in [2.05, 4.69) is 26.1 Å². The highest BCUT2D eigenvalue weighted by atomic mass is 32.1. The molecule has 0 radical (unpaired) electrons. The van der Waals surface area contributed by atoms with Gasteiger partial charge in [-0.3, -0.25) is 10.1 Å². The smallest absolute Gasteiger partial charge is 0.315 e. The Morgan fingerprint density at radius 1 is 1.06 bits per heavy atom. The van der Waals surface area contributed by atoms with E-state index in [0.717, 1.165) is 29.7 Å². The Morgan fingerprint density at radius 3 is 2.50 bits per heavy atom. The molecule has 8 nitrogen and oxygen atoms in total. The monoisotopic (exact) mass is 453 g/mol. The Balaban J connectivity index is 1.68. The molecule has 0 fully saturated rings. The van der Waals surface area contributed by atoms with Crippen LogP contribution in [0, 0.1) is 0 Å². The van der Waals surface area contributed by atoms with E-state index >= 15 is 0 Å². The maximum Gasteiger partial charge on any atom is 0.315 e. The number of amides is 3. The Bertz CT molecular complexity index is 1010. The largest absolute Gasteiger partial charge is 0.497 e. The molecule has 0 aliphatic carbocycles. The van der Waals surface area contributed by atoms with E-state index in [9.17, 15) is 9.59 Å². The summed E-state index contributed by atoms with van der Waals surface area (Å²) in [7, 11) is 1.61. The summed E-state index contributed by atoms with van der Waals surface area (Å²) >= 11 is 1.26. The van der Waals surface area contributed by atoms with Crippen LogP contribution >= 0.6 is 11.3 Å². The maximum atomic E-state index is 13.0. The third-order valence-electron chi connectivity index (χ3n) is 4.71. The number of aromatic nitrogens is 2. The van der Waals surface area contributed by atoms with Crippen LogP contribution in [-0.4, -0.2) is 41.8 Å². The van der Waals surface area contributed by atoms with Crippen LogP contribution in [0.15, 0.2) is 54.6 Å². The number of hydrogen-bond donors (Lipinski definition) is 3. The van der Waals surface area contributed by atoms with Crippen molar-refractivity contribution in [2.45, 2.75) is 32.2 Å². The fourth-order valence-corrected chi connectivity index (χ4v) is 3.72. The molecule has 168 valence electrons. The van der Waals surface area contributed by atoms with Gasteiger partial charge in [-0.15, -0.1) is 10.2 Å². The van der Waals surface area contributed by atoms with Crippen molar-refractivity contribution in [3.8, 4) is 16.3 Å². The van der Waals surface area contributed by atoms with Crippen molar-refractivity contribution in [2.75, 3.05) is 19.0 Å². The quantitative estimate of drug-likeness (QED) is 0.404. The molecule has 0 aliphatic rings. The second-order valence-electron chi connectivity index (χ2n) is 7.13. The third kappa shape index (κ3) is 6.78. The van der Waals surface area contributed by atoms with E-state index in [4.69, 9.17) is 4.74 Å². The number of rotatable bonds is 10. The van der Waals surface area contributed by atoms with Gasteiger partial charge in [0.1, 0.15) is 16.8 Å². The number of anilines is 1. The van der Waals surface area contributed by atoms with Gasteiger partial charge in [0.05, 0.1) is 7.11 Å². The Kier molecular flexibility index (Phi) is 8.56. The van der Waals surface area contributed by atoms with Crippen molar-refractivity contribution in [1.82, 2.24) is 20.8 Å².